The fourth-order valence-corrected chi connectivity index (χ4v) is 5.59. The van der Waals surface area contributed by atoms with Gasteiger partial charge < -0.3 is 9.72 Å². The van der Waals surface area contributed by atoms with Crippen LogP contribution in [0.5, 0.6) is 5.75 Å². The molecular formula is C15H12N2O4S2. The van der Waals surface area contributed by atoms with Crippen molar-refractivity contribution in [1.82, 2.24) is 10.3 Å². The molecule has 2 amide bonds. The van der Waals surface area contributed by atoms with Crippen molar-refractivity contribution < 1.29 is 14.3 Å². The number of carbonyl (C=O) groups is 2. The van der Waals surface area contributed by atoms with Crippen molar-refractivity contribution in [3.63, 3.8) is 0 Å². The van der Waals surface area contributed by atoms with Crippen LogP contribution in [0, 0.1) is 5.92 Å². The lowest BCUT2D eigenvalue weighted by atomic mass is 9.83. The molecule has 1 saturated heterocycles. The van der Waals surface area contributed by atoms with Gasteiger partial charge in [0.05, 0.1) is 18.1 Å². The van der Waals surface area contributed by atoms with E-state index in [-0.39, 0.29) is 22.6 Å². The Hall–Kier alpha value is -2.06. The average Bonchev–Trinajstić information content (AvgIpc) is 3.05. The second kappa shape index (κ2) is 5.24. The zero-order chi connectivity index (χ0) is 16.1. The van der Waals surface area contributed by atoms with Crippen LogP contribution in [0.2, 0.25) is 0 Å². The molecule has 3 heterocycles. The van der Waals surface area contributed by atoms with Crippen LogP contribution in [0.25, 0.3) is 0 Å². The highest BCUT2D eigenvalue weighted by Gasteiger charge is 2.52. The van der Waals surface area contributed by atoms with E-state index in [1.807, 2.05) is 24.3 Å². The van der Waals surface area contributed by atoms with E-state index in [0.29, 0.717) is 10.8 Å². The molecule has 4 rings (SSSR count). The first-order valence-corrected chi connectivity index (χ1v) is 8.66. The summed E-state index contributed by atoms with van der Waals surface area (Å²) in [4.78, 5) is 39.5. The second-order valence-electron chi connectivity index (χ2n) is 5.38. The predicted octanol–water partition coefficient (Wildman–Crippen LogP) is 1.32. The summed E-state index contributed by atoms with van der Waals surface area (Å²) in [5, 5.41) is 2.59. The Morgan fingerprint density at radius 3 is 2.52 bits per heavy atom. The molecule has 0 spiro atoms. The van der Waals surface area contributed by atoms with Gasteiger partial charge in [0.1, 0.15) is 11.0 Å². The highest BCUT2D eigenvalue weighted by Crippen LogP contribution is 2.50. The van der Waals surface area contributed by atoms with Crippen LogP contribution in [0.1, 0.15) is 16.4 Å². The molecule has 3 unspecified atom stereocenters. The van der Waals surface area contributed by atoms with Crippen molar-refractivity contribution in [2.45, 2.75) is 16.2 Å². The van der Waals surface area contributed by atoms with Crippen LogP contribution in [-0.2, 0) is 9.59 Å². The minimum Gasteiger partial charge on any atom is -0.497 e. The summed E-state index contributed by atoms with van der Waals surface area (Å²) >= 11 is 2.36. The number of aromatic nitrogens is 1. The number of amides is 2. The van der Waals surface area contributed by atoms with E-state index in [1.54, 1.807) is 7.11 Å². The molecule has 1 fully saturated rings. The summed E-state index contributed by atoms with van der Waals surface area (Å²) in [6.45, 7) is 0. The Bertz CT molecular complexity index is 855. The quantitative estimate of drug-likeness (QED) is 0.799. The largest absolute Gasteiger partial charge is 0.497 e. The van der Waals surface area contributed by atoms with Crippen molar-refractivity contribution in [3.05, 3.63) is 44.4 Å². The summed E-state index contributed by atoms with van der Waals surface area (Å²) in [5.74, 6) is -0.664. The monoisotopic (exact) mass is 348 g/mol. The molecule has 0 aliphatic carbocycles. The molecule has 6 nitrogen and oxygen atoms in total. The molecule has 118 valence electrons. The molecule has 0 bridgehead atoms. The van der Waals surface area contributed by atoms with Crippen molar-refractivity contribution >= 4 is 34.9 Å². The van der Waals surface area contributed by atoms with Crippen molar-refractivity contribution in [2.24, 2.45) is 5.92 Å². The number of H-pyrrole nitrogens is 1. The van der Waals surface area contributed by atoms with E-state index >= 15 is 0 Å². The number of hydrogen-bond acceptors (Lipinski definition) is 6. The van der Waals surface area contributed by atoms with Crippen LogP contribution >= 0.6 is 23.1 Å². The van der Waals surface area contributed by atoms with Crippen LogP contribution in [-0.4, -0.2) is 29.2 Å². The van der Waals surface area contributed by atoms with Gasteiger partial charge in [0.2, 0.25) is 11.8 Å². The van der Waals surface area contributed by atoms with Gasteiger partial charge in [0.15, 0.2) is 0 Å². The standard InChI is InChI=1S/C15H12N2O4S2/c1-21-7-4-2-6(3-5-7)8-9-10(13(19)16-12(9)18)22-14-11(8)23-15(20)17-14/h2-5,8-10H,1H3,(H,17,20)(H,16,18,19). The highest BCUT2D eigenvalue weighted by molar-refractivity contribution is 8.00. The van der Waals surface area contributed by atoms with E-state index in [0.717, 1.165) is 21.8 Å². The normalized spacial score (nSPS) is 25.7. The number of fused-ring (bicyclic) bond motifs is 2. The molecule has 2 aromatic rings. The summed E-state index contributed by atoms with van der Waals surface area (Å²) < 4.78 is 5.16. The average molecular weight is 348 g/mol. The first-order valence-electron chi connectivity index (χ1n) is 6.97. The maximum atomic E-state index is 12.3. The number of hydrogen-bond donors (Lipinski definition) is 2. The summed E-state index contributed by atoms with van der Waals surface area (Å²) in [6, 6.07) is 7.38. The maximum Gasteiger partial charge on any atom is 0.305 e. The topological polar surface area (TPSA) is 88.3 Å². The minimum atomic E-state index is -0.507. The van der Waals surface area contributed by atoms with E-state index in [4.69, 9.17) is 4.74 Å². The van der Waals surface area contributed by atoms with E-state index in [9.17, 15) is 14.4 Å². The number of thiazole rings is 1. The van der Waals surface area contributed by atoms with Crippen molar-refractivity contribution in [3.8, 4) is 5.75 Å². The molecule has 0 saturated carbocycles. The SMILES string of the molecule is COc1ccc(C2c3sc(=O)[nH]c3SC3C(=O)NC(=O)C32)cc1. The van der Waals surface area contributed by atoms with Gasteiger partial charge in [-0.25, -0.2) is 0 Å². The third kappa shape index (κ3) is 2.21. The van der Waals surface area contributed by atoms with Gasteiger partial charge >= 0.3 is 4.87 Å². The predicted molar refractivity (Wildman–Crippen MR) is 86.1 cm³/mol. The molecule has 0 radical (unpaired) electrons. The Labute approximate surface area is 139 Å². The van der Waals surface area contributed by atoms with Crippen LogP contribution in [0.3, 0.4) is 0 Å². The maximum absolute atomic E-state index is 12.3. The molecule has 2 aliphatic heterocycles. The lowest BCUT2D eigenvalue weighted by Crippen LogP contribution is -2.31. The number of nitrogens with one attached hydrogen (secondary N) is 2. The Morgan fingerprint density at radius 2 is 1.83 bits per heavy atom. The van der Waals surface area contributed by atoms with Crippen molar-refractivity contribution in [1.29, 1.82) is 0 Å². The molecule has 8 heteroatoms. The first-order chi connectivity index (χ1) is 11.1. The number of ether oxygens (including phenoxy) is 1. The fraction of sp³-hybridized carbons (Fsp3) is 0.267. The number of benzene rings is 1. The van der Waals surface area contributed by atoms with Gasteiger partial charge in [-0.15, -0.1) is 0 Å². The lowest BCUT2D eigenvalue weighted by molar-refractivity contribution is -0.125. The second-order valence-corrected chi connectivity index (χ2v) is 7.54. The number of thioether (sulfide) groups is 1. The Balaban J connectivity index is 1.87. The van der Waals surface area contributed by atoms with Gasteiger partial charge in [-0.2, -0.15) is 0 Å². The van der Waals surface area contributed by atoms with Gasteiger partial charge in [-0.3, -0.25) is 19.7 Å². The number of carbonyl (C=O) groups excluding carboxylic acids is 2. The first kappa shape index (κ1) is 14.5. The van der Waals surface area contributed by atoms with Gasteiger partial charge in [-0.1, -0.05) is 35.2 Å². The summed E-state index contributed by atoms with van der Waals surface area (Å²) in [5.41, 5.74) is 0.891. The number of methoxy groups -OCH3 is 1. The minimum absolute atomic E-state index is 0.172. The number of aromatic amines is 1. The van der Waals surface area contributed by atoms with Crippen LogP contribution < -0.4 is 14.9 Å². The number of imide groups is 1. The molecular weight excluding hydrogens is 336 g/mol. The third-order valence-corrected chi connectivity index (χ3v) is 6.55. The molecule has 1 aromatic carbocycles. The van der Waals surface area contributed by atoms with Gasteiger partial charge in [-0.05, 0) is 17.7 Å². The van der Waals surface area contributed by atoms with E-state index in [1.165, 1.54) is 11.8 Å². The zero-order valence-electron chi connectivity index (χ0n) is 12.0. The highest BCUT2D eigenvalue weighted by atomic mass is 32.2. The number of rotatable bonds is 2. The zero-order valence-corrected chi connectivity index (χ0v) is 13.6. The van der Waals surface area contributed by atoms with E-state index in [2.05, 4.69) is 10.3 Å². The van der Waals surface area contributed by atoms with Crippen LogP contribution in [0.4, 0.5) is 0 Å². The molecule has 3 atom stereocenters. The van der Waals surface area contributed by atoms with Crippen molar-refractivity contribution in [2.75, 3.05) is 7.11 Å². The fourth-order valence-electron chi connectivity index (χ4n) is 3.11. The van der Waals surface area contributed by atoms with E-state index < -0.39 is 11.2 Å². The van der Waals surface area contributed by atoms with Gasteiger partial charge in [0, 0.05) is 10.8 Å². The summed E-state index contributed by atoms with van der Waals surface area (Å²) in [6.07, 6.45) is 0. The summed E-state index contributed by atoms with van der Waals surface area (Å²) in [7, 11) is 1.58. The molecule has 23 heavy (non-hydrogen) atoms. The smallest absolute Gasteiger partial charge is 0.305 e. The lowest BCUT2D eigenvalue weighted by Gasteiger charge is -2.29. The van der Waals surface area contributed by atoms with Gasteiger partial charge in [0.25, 0.3) is 0 Å². The van der Waals surface area contributed by atoms with Crippen LogP contribution in [0.15, 0.2) is 34.1 Å². The molecule has 2 N–H and O–H groups in total. The Kier molecular flexibility index (Phi) is 3.31. The molecule has 2 aliphatic rings. The Morgan fingerprint density at radius 1 is 1.09 bits per heavy atom. The third-order valence-electron chi connectivity index (χ3n) is 4.14. The molecule has 1 aromatic heterocycles.